The van der Waals surface area contributed by atoms with E-state index in [9.17, 15) is 4.79 Å². The Kier molecular flexibility index (Phi) is 5.40. The quantitative estimate of drug-likeness (QED) is 0.763. The van der Waals surface area contributed by atoms with Gasteiger partial charge >= 0.3 is 5.97 Å². The van der Waals surface area contributed by atoms with E-state index >= 15 is 0 Å². The lowest BCUT2D eigenvalue weighted by molar-refractivity contribution is -0.150. The Balaban J connectivity index is 1.85. The lowest BCUT2D eigenvalue weighted by Gasteiger charge is -2.31. The first-order valence-corrected chi connectivity index (χ1v) is 7.22. The lowest BCUT2D eigenvalue weighted by atomic mass is 9.98. The molecule has 19 heavy (non-hydrogen) atoms. The number of nitrogens with zero attached hydrogens (tertiary/aromatic N) is 1. The molecular weight excluding hydrogens is 238 g/mol. The van der Waals surface area contributed by atoms with Gasteiger partial charge in [-0.1, -0.05) is 37.3 Å². The van der Waals surface area contributed by atoms with Gasteiger partial charge in [0.25, 0.3) is 0 Å². The van der Waals surface area contributed by atoms with Gasteiger partial charge in [0.15, 0.2) is 0 Å². The number of carbonyl (C=O) groups is 1. The lowest BCUT2D eigenvalue weighted by Crippen LogP contribution is -2.38. The van der Waals surface area contributed by atoms with Crippen molar-refractivity contribution in [3.8, 4) is 0 Å². The highest BCUT2D eigenvalue weighted by atomic mass is 16.5. The smallest absolute Gasteiger partial charge is 0.310 e. The van der Waals surface area contributed by atoms with Crippen molar-refractivity contribution < 1.29 is 9.53 Å². The summed E-state index contributed by atoms with van der Waals surface area (Å²) in [6.07, 6.45) is 2.94. The van der Waals surface area contributed by atoms with Gasteiger partial charge in [0.05, 0.1) is 12.5 Å². The number of ether oxygens (including phenoxy) is 1. The minimum atomic E-state index is -0.0142. The molecule has 0 aromatic heterocycles. The Hall–Kier alpha value is -1.35. The van der Waals surface area contributed by atoms with Crippen LogP contribution in [0.5, 0.6) is 0 Å². The van der Waals surface area contributed by atoms with Gasteiger partial charge in [-0.05, 0) is 31.4 Å². The monoisotopic (exact) mass is 261 g/mol. The SMILES string of the molecule is CCCOC(=O)[C@@H]1CCCN(Cc2ccccc2)C1. The molecule has 0 radical (unpaired) electrons. The van der Waals surface area contributed by atoms with E-state index in [0.29, 0.717) is 6.61 Å². The molecule has 1 saturated heterocycles. The molecule has 0 amide bonds. The fourth-order valence-electron chi connectivity index (χ4n) is 2.55. The van der Waals surface area contributed by atoms with Crippen LogP contribution in [0, 0.1) is 5.92 Å². The Bertz CT molecular complexity index is 391. The second kappa shape index (κ2) is 7.29. The summed E-state index contributed by atoms with van der Waals surface area (Å²) in [7, 11) is 0. The molecule has 0 N–H and O–H groups in total. The van der Waals surface area contributed by atoms with Crippen molar-refractivity contribution in [2.75, 3.05) is 19.7 Å². The minimum Gasteiger partial charge on any atom is -0.465 e. The summed E-state index contributed by atoms with van der Waals surface area (Å²) in [5.41, 5.74) is 1.31. The van der Waals surface area contributed by atoms with Crippen LogP contribution in [0.2, 0.25) is 0 Å². The molecule has 0 unspecified atom stereocenters. The van der Waals surface area contributed by atoms with Crippen LogP contribution in [-0.2, 0) is 16.1 Å². The fourth-order valence-corrected chi connectivity index (χ4v) is 2.55. The highest BCUT2D eigenvalue weighted by molar-refractivity contribution is 5.72. The zero-order valence-corrected chi connectivity index (χ0v) is 11.7. The first-order chi connectivity index (χ1) is 9.29. The van der Waals surface area contributed by atoms with Crippen LogP contribution in [0.25, 0.3) is 0 Å². The third-order valence-corrected chi connectivity index (χ3v) is 3.54. The Morgan fingerprint density at radius 3 is 2.89 bits per heavy atom. The minimum absolute atomic E-state index is 0.0142. The van der Waals surface area contributed by atoms with Crippen LogP contribution in [-0.4, -0.2) is 30.6 Å². The molecule has 1 atom stereocenters. The number of carbonyl (C=O) groups excluding carboxylic acids is 1. The average molecular weight is 261 g/mol. The number of hydrogen-bond donors (Lipinski definition) is 0. The van der Waals surface area contributed by atoms with Crippen molar-refractivity contribution >= 4 is 5.97 Å². The van der Waals surface area contributed by atoms with Gasteiger partial charge in [-0.3, -0.25) is 9.69 Å². The third kappa shape index (κ3) is 4.35. The molecule has 0 bridgehead atoms. The number of piperidine rings is 1. The van der Waals surface area contributed by atoms with E-state index in [-0.39, 0.29) is 11.9 Å². The normalized spacial score (nSPS) is 20.2. The Morgan fingerprint density at radius 2 is 2.16 bits per heavy atom. The molecule has 0 aliphatic carbocycles. The first kappa shape index (κ1) is 14.1. The molecule has 3 heteroatoms. The van der Waals surface area contributed by atoms with E-state index in [0.717, 1.165) is 38.9 Å². The maximum absolute atomic E-state index is 11.9. The Labute approximate surface area is 115 Å². The van der Waals surface area contributed by atoms with Crippen LogP contribution in [0.1, 0.15) is 31.7 Å². The topological polar surface area (TPSA) is 29.5 Å². The van der Waals surface area contributed by atoms with E-state index in [2.05, 4.69) is 29.2 Å². The van der Waals surface area contributed by atoms with Gasteiger partial charge in [0.2, 0.25) is 0 Å². The molecule has 1 fully saturated rings. The van der Waals surface area contributed by atoms with Gasteiger partial charge in [0.1, 0.15) is 0 Å². The standard InChI is InChI=1S/C16H23NO2/c1-2-11-19-16(18)15-9-6-10-17(13-15)12-14-7-4-3-5-8-14/h3-5,7-8,15H,2,6,9-13H2,1H3/t15-/m1/s1. The summed E-state index contributed by atoms with van der Waals surface area (Å²) in [6, 6.07) is 10.4. The molecule has 0 saturated carbocycles. The predicted molar refractivity (Wildman–Crippen MR) is 75.7 cm³/mol. The van der Waals surface area contributed by atoms with Crippen molar-refractivity contribution in [2.45, 2.75) is 32.7 Å². The highest BCUT2D eigenvalue weighted by Crippen LogP contribution is 2.19. The average Bonchev–Trinajstić information content (AvgIpc) is 2.46. The van der Waals surface area contributed by atoms with Crippen molar-refractivity contribution in [3.05, 3.63) is 35.9 Å². The number of hydrogen-bond acceptors (Lipinski definition) is 3. The number of benzene rings is 1. The zero-order valence-electron chi connectivity index (χ0n) is 11.7. The van der Waals surface area contributed by atoms with Gasteiger partial charge in [-0.25, -0.2) is 0 Å². The summed E-state index contributed by atoms with van der Waals surface area (Å²) < 4.78 is 5.26. The van der Waals surface area contributed by atoms with Crippen LogP contribution < -0.4 is 0 Å². The van der Waals surface area contributed by atoms with Crippen molar-refractivity contribution in [1.82, 2.24) is 4.90 Å². The second-order valence-corrected chi connectivity index (χ2v) is 5.23. The third-order valence-electron chi connectivity index (χ3n) is 3.54. The van der Waals surface area contributed by atoms with Crippen LogP contribution in [0.4, 0.5) is 0 Å². The van der Waals surface area contributed by atoms with Gasteiger partial charge in [-0.2, -0.15) is 0 Å². The van der Waals surface area contributed by atoms with Crippen molar-refractivity contribution in [3.63, 3.8) is 0 Å². The van der Waals surface area contributed by atoms with Crippen LogP contribution >= 0.6 is 0 Å². The predicted octanol–water partition coefficient (Wildman–Crippen LogP) is 2.85. The molecular formula is C16H23NO2. The zero-order chi connectivity index (χ0) is 13.5. The molecule has 1 aromatic carbocycles. The van der Waals surface area contributed by atoms with E-state index in [1.54, 1.807) is 0 Å². The number of esters is 1. The Morgan fingerprint density at radius 1 is 1.37 bits per heavy atom. The summed E-state index contributed by atoms with van der Waals surface area (Å²) in [4.78, 5) is 14.3. The molecule has 1 aliphatic rings. The maximum Gasteiger partial charge on any atom is 0.310 e. The van der Waals surface area contributed by atoms with Gasteiger partial charge < -0.3 is 4.74 Å². The van der Waals surface area contributed by atoms with Crippen molar-refractivity contribution in [1.29, 1.82) is 0 Å². The number of rotatable bonds is 5. The van der Waals surface area contributed by atoms with E-state index in [1.807, 2.05) is 13.0 Å². The molecule has 1 aromatic rings. The van der Waals surface area contributed by atoms with E-state index in [1.165, 1.54) is 5.56 Å². The van der Waals surface area contributed by atoms with Crippen LogP contribution in [0.3, 0.4) is 0 Å². The molecule has 0 spiro atoms. The maximum atomic E-state index is 11.9. The molecule has 1 heterocycles. The molecule has 104 valence electrons. The van der Waals surface area contributed by atoms with Gasteiger partial charge in [-0.15, -0.1) is 0 Å². The van der Waals surface area contributed by atoms with Crippen LogP contribution in [0.15, 0.2) is 30.3 Å². The summed E-state index contributed by atoms with van der Waals surface area (Å²) in [6.45, 7) is 5.41. The summed E-state index contributed by atoms with van der Waals surface area (Å²) in [5.74, 6) is 0.0450. The first-order valence-electron chi connectivity index (χ1n) is 7.22. The summed E-state index contributed by atoms with van der Waals surface area (Å²) in [5, 5.41) is 0. The largest absolute Gasteiger partial charge is 0.465 e. The molecule has 3 nitrogen and oxygen atoms in total. The van der Waals surface area contributed by atoms with Gasteiger partial charge in [0, 0.05) is 13.1 Å². The number of likely N-dealkylation sites (tertiary alicyclic amines) is 1. The highest BCUT2D eigenvalue weighted by Gasteiger charge is 2.26. The van der Waals surface area contributed by atoms with E-state index < -0.39 is 0 Å². The fraction of sp³-hybridized carbons (Fsp3) is 0.562. The second-order valence-electron chi connectivity index (χ2n) is 5.23. The molecule has 2 rings (SSSR count). The molecule has 1 aliphatic heterocycles. The van der Waals surface area contributed by atoms with E-state index in [4.69, 9.17) is 4.74 Å². The summed E-state index contributed by atoms with van der Waals surface area (Å²) >= 11 is 0. The van der Waals surface area contributed by atoms with Crippen molar-refractivity contribution in [2.24, 2.45) is 5.92 Å².